The van der Waals surface area contributed by atoms with Gasteiger partial charge in [0.2, 0.25) is 0 Å². The van der Waals surface area contributed by atoms with Gasteiger partial charge in [0, 0.05) is 6.07 Å². The maximum Gasteiger partial charge on any atom is 0.346 e. The Labute approximate surface area is 189 Å². The summed E-state index contributed by atoms with van der Waals surface area (Å²) >= 11 is 0. The minimum atomic E-state index is -4.42. The van der Waals surface area contributed by atoms with Gasteiger partial charge in [0.25, 0.3) is 11.6 Å². The average Bonchev–Trinajstić information content (AvgIpc) is 3.09. The van der Waals surface area contributed by atoms with Crippen molar-refractivity contribution >= 4 is 39.2 Å². The maximum atomic E-state index is 12.8. The van der Waals surface area contributed by atoms with E-state index in [1.807, 2.05) is 18.2 Å². The Bertz CT molecular complexity index is 1400. The molecule has 0 spiro atoms. The van der Waals surface area contributed by atoms with Gasteiger partial charge in [-0.2, -0.15) is 18.5 Å². The minimum Gasteiger partial charge on any atom is -0.379 e. The molecule has 1 aliphatic rings. The van der Waals surface area contributed by atoms with Gasteiger partial charge in [-0.15, -0.1) is 0 Å². The molecule has 1 heterocycles. The smallest absolute Gasteiger partial charge is 0.346 e. The second-order valence-corrected chi connectivity index (χ2v) is 8.54. The molecule has 166 valence electrons. The van der Waals surface area contributed by atoms with Crippen molar-refractivity contribution in [3.8, 4) is 5.75 Å². The number of para-hydroxylation sites is 2. The second-order valence-electron chi connectivity index (χ2n) is 7.03. The van der Waals surface area contributed by atoms with E-state index >= 15 is 0 Å². The summed E-state index contributed by atoms with van der Waals surface area (Å²) in [5.74, 6) is -0.303. The number of amides is 1. The summed E-state index contributed by atoms with van der Waals surface area (Å²) < 4.78 is 30.2. The number of anilines is 1. The molecule has 1 amide bonds. The fraction of sp³-hybridized carbons (Fsp3) is 0.0435. The first kappa shape index (κ1) is 21.9. The number of rotatable bonds is 6. The van der Waals surface area contributed by atoms with Crippen LogP contribution in [-0.2, 0) is 14.9 Å². The molecule has 0 fully saturated rings. The standard InChI is InChI=1S/C23H17N3O6S/c1-16-20(23(27)25(24-16)18-7-3-2-4-8-18)15-17-11-13-19(14-12-17)32-33(30,31)22-10-6-5-9-21(22)26(28)29/h2-15H,1H3/b20-15-. The van der Waals surface area contributed by atoms with Crippen LogP contribution in [0.3, 0.4) is 0 Å². The van der Waals surface area contributed by atoms with Gasteiger partial charge in [0.15, 0.2) is 4.90 Å². The van der Waals surface area contributed by atoms with Crippen molar-refractivity contribution in [1.29, 1.82) is 0 Å². The number of carbonyl (C=O) groups is 1. The Kier molecular flexibility index (Phi) is 5.76. The molecule has 0 N–H and O–H groups in total. The highest BCUT2D eigenvalue weighted by Crippen LogP contribution is 2.28. The number of nitrogens with zero attached hydrogens (tertiary/aromatic N) is 3. The van der Waals surface area contributed by atoms with Crippen LogP contribution in [-0.4, -0.2) is 25.0 Å². The third kappa shape index (κ3) is 4.51. The highest BCUT2D eigenvalue weighted by atomic mass is 32.2. The number of hydrogen-bond acceptors (Lipinski definition) is 7. The van der Waals surface area contributed by atoms with Crippen LogP contribution in [0.2, 0.25) is 0 Å². The number of nitro groups is 1. The van der Waals surface area contributed by atoms with Crippen molar-refractivity contribution in [2.45, 2.75) is 11.8 Å². The third-order valence-corrected chi connectivity index (χ3v) is 6.09. The van der Waals surface area contributed by atoms with Crippen molar-refractivity contribution in [3.05, 3.63) is 100 Å². The van der Waals surface area contributed by atoms with Gasteiger partial charge in [-0.1, -0.05) is 42.5 Å². The topological polar surface area (TPSA) is 119 Å². The molecule has 4 rings (SSSR count). The van der Waals surface area contributed by atoms with Crippen LogP contribution >= 0.6 is 0 Å². The highest BCUT2D eigenvalue weighted by Gasteiger charge is 2.29. The molecule has 0 radical (unpaired) electrons. The molecule has 33 heavy (non-hydrogen) atoms. The zero-order valence-corrected chi connectivity index (χ0v) is 18.1. The minimum absolute atomic E-state index is 0.0237. The molecule has 1 aliphatic heterocycles. The normalized spacial score (nSPS) is 14.9. The molecule has 0 bridgehead atoms. The average molecular weight is 463 g/mol. The Morgan fingerprint density at radius 2 is 1.61 bits per heavy atom. The largest absolute Gasteiger partial charge is 0.379 e. The molecule has 0 saturated heterocycles. The van der Waals surface area contributed by atoms with Crippen LogP contribution in [0.1, 0.15) is 12.5 Å². The fourth-order valence-corrected chi connectivity index (χ4v) is 4.30. The summed E-state index contributed by atoms with van der Waals surface area (Å²) in [5, 5.41) is 16.8. The lowest BCUT2D eigenvalue weighted by Crippen LogP contribution is -2.21. The number of hydrogen-bond donors (Lipinski definition) is 0. The van der Waals surface area contributed by atoms with Gasteiger partial charge in [-0.3, -0.25) is 14.9 Å². The van der Waals surface area contributed by atoms with E-state index in [1.54, 1.807) is 37.3 Å². The van der Waals surface area contributed by atoms with Crippen LogP contribution in [0.25, 0.3) is 6.08 Å². The van der Waals surface area contributed by atoms with E-state index in [0.717, 1.165) is 12.1 Å². The molecule has 0 saturated carbocycles. The van der Waals surface area contributed by atoms with Crippen molar-refractivity contribution in [2.24, 2.45) is 5.10 Å². The SMILES string of the molecule is CC1=NN(c2ccccc2)C(=O)/C1=C\c1ccc(OS(=O)(=O)c2ccccc2[N+](=O)[O-])cc1. The third-order valence-electron chi connectivity index (χ3n) is 4.79. The molecule has 0 atom stereocenters. The number of hydrazone groups is 1. The lowest BCUT2D eigenvalue weighted by Gasteiger charge is -2.11. The van der Waals surface area contributed by atoms with Gasteiger partial charge in [-0.05, 0) is 48.9 Å². The first-order chi connectivity index (χ1) is 15.8. The molecule has 9 nitrogen and oxygen atoms in total. The Balaban J connectivity index is 1.55. The Morgan fingerprint density at radius 1 is 0.970 bits per heavy atom. The van der Waals surface area contributed by atoms with Crippen molar-refractivity contribution in [1.82, 2.24) is 0 Å². The summed E-state index contributed by atoms with van der Waals surface area (Å²) in [7, 11) is -4.42. The zero-order chi connectivity index (χ0) is 23.6. The van der Waals surface area contributed by atoms with Crippen LogP contribution < -0.4 is 9.19 Å². The second kappa shape index (κ2) is 8.67. The number of carbonyl (C=O) groups excluding carboxylic acids is 1. The van der Waals surface area contributed by atoms with Crippen LogP contribution in [0, 0.1) is 10.1 Å². The van der Waals surface area contributed by atoms with Gasteiger partial charge >= 0.3 is 10.1 Å². The van der Waals surface area contributed by atoms with Gasteiger partial charge in [-0.25, -0.2) is 0 Å². The Hall–Kier alpha value is -4.31. The summed E-state index contributed by atoms with van der Waals surface area (Å²) in [6.45, 7) is 1.73. The van der Waals surface area contributed by atoms with E-state index in [2.05, 4.69) is 5.10 Å². The van der Waals surface area contributed by atoms with E-state index in [0.29, 0.717) is 22.5 Å². The lowest BCUT2D eigenvalue weighted by atomic mass is 10.1. The van der Waals surface area contributed by atoms with Crippen LogP contribution in [0.5, 0.6) is 5.75 Å². The molecular formula is C23H17N3O6S. The monoisotopic (exact) mass is 463 g/mol. The predicted molar refractivity (Wildman–Crippen MR) is 122 cm³/mol. The van der Waals surface area contributed by atoms with Crippen LogP contribution in [0.15, 0.2) is 94.4 Å². The van der Waals surface area contributed by atoms with Gasteiger partial charge in [0.1, 0.15) is 5.75 Å². The van der Waals surface area contributed by atoms with Crippen LogP contribution in [0.4, 0.5) is 11.4 Å². The molecular weight excluding hydrogens is 446 g/mol. The molecule has 3 aromatic rings. The van der Waals surface area contributed by atoms with E-state index in [9.17, 15) is 23.3 Å². The molecule has 0 unspecified atom stereocenters. The van der Waals surface area contributed by atoms with Crippen molar-refractivity contribution in [2.75, 3.05) is 5.01 Å². The molecule has 10 heteroatoms. The zero-order valence-electron chi connectivity index (χ0n) is 17.3. The van der Waals surface area contributed by atoms with Crippen molar-refractivity contribution < 1.29 is 22.3 Å². The predicted octanol–water partition coefficient (Wildman–Crippen LogP) is 4.17. The quantitative estimate of drug-likeness (QED) is 0.234. The number of nitro benzene ring substituents is 1. The van der Waals surface area contributed by atoms with E-state index in [4.69, 9.17) is 4.18 Å². The number of benzene rings is 3. The summed E-state index contributed by atoms with van der Waals surface area (Å²) in [6, 6.07) is 19.9. The van der Waals surface area contributed by atoms with E-state index < -0.39 is 25.6 Å². The Morgan fingerprint density at radius 3 is 2.27 bits per heavy atom. The molecule has 0 aromatic heterocycles. The maximum absolute atomic E-state index is 12.8. The first-order valence-electron chi connectivity index (χ1n) is 9.71. The van der Waals surface area contributed by atoms with Gasteiger partial charge in [0.05, 0.1) is 21.9 Å². The first-order valence-corrected chi connectivity index (χ1v) is 11.1. The summed E-state index contributed by atoms with van der Waals surface area (Å²) in [5.41, 5.74) is 1.65. The highest BCUT2D eigenvalue weighted by molar-refractivity contribution is 7.87. The summed E-state index contributed by atoms with van der Waals surface area (Å²) in [6.07, 6.45) is 1.64. The van der Waals surface area contributed by atoms with Gasteiger partial charge < -0.3 is 4.18 Å². The molecule has 3 aromatic carbocycles. The fourth-order valence-electron chi connectivity index (χ4n) is 3.21. The summed E-state index contributed by atoms with van der Waals surface area (Å²) in [4.78, 5) is 22.6. The molecule has 0 aliphatic carbocycles. The lowest BCUT2D eigenvalue weighted by molar-refractivity contribution is -0.387. The van der Waals surface area contributed by atoms with Crippen molar-refractivity contribution in [3.63, 3.8) is 0 Å². The van der Waals surface area contributed by atoms with E-state index in [1.165, 1.54) is 29.3 Å². The van der Waals surface area contributed by atoms with E-state index in [-0.39, 0.29) is 11.7 Å².